The number of fused-ring (bicyclic) bond motifs is 3. The van der Waals surface area contributed by atoms with Gasteiger partial charge in [0.05, 0.1) is 6.42 Å². The number of carbonyl (C=O) groups excluding carboxylic acids is 1. The highest BCUT2D eigenvalue weighted by atomic mass is 79.9. The first-order chi connectivity index (χ1) is 14.6. The highest BCUT2D eigenvalue weighted by Gasteiger charge is 2.26. The van der Waals surface area contributed by atoms with Crippen molar-refractivity contribution in [1.29, 1.82) is 0 Å². The highest BCUT2D eigenvalue weighted by molar-refractivity contribution is 9.10. The smallest absolute Gasteiger partial charge is 0.294 e. The summed E-state index contributed by atoms with van der Waals surface area (Å²) in [5.74, 6) is 0.924. The summed E-state index contributed by atoms with van der Waals surface area (Å²) in [6, 6.07) is 15.4. The molecule has 4 aromatic rings. The Morgan fingerprint density at radius 2 is 1.93 bits per heavy atom. The average molecular weight is 466 g/mol. The predicted octanol–water partition coefficient (Wildman–Crippen LogP) is 4.38. The Hall–Kier alpha value is -2.93. The summed E-state index contributed by atoms with van der Waals surface area (Å²) in [6.07, 6.45) is 1.96. The number of piperidine rings is 1. The van der Waals surface area contributed by atoms with Crippen molar-refractivity contribution >= 4 is 43.9 Å². The monoisotopic (exact) mass is 465 g/mol. The fraction of sp³-hybridized carbons (Fsp3) is 0.261. The van der Waals surface area contributed by atoms with Crippen molar-refractivity contribution in [3.63, 3.8) is 0 Å². The highest BCUT2D eigenvalue weighted by Crippen LogP contribution is 2.31. The van der Waals surface area contributed by atoms with Crippen LogP contribution in [0.2, 0.25) is 0 Å². The Balaban J connectivity index is 1.36. The molecule has 6 nitrogen and oxygen atoms in total. The number of likely N-dealkylation sites (tertiary alicyclic amines) is 1. The zero-order chi connectivity index (χ0) is 20.7. The number of nitrogens with zero attached hydrogens (tertiary/aromatic N) is 2. The van der Waals surface area contributed by atoms with Gasteiger partial charge in [0.15, 0.2) is 0 Å². The second-order valence-electron chi connectivity index (χ2n) is 7.69. The molecule has 1 aliphatic heterocycles. The van der Waals surface area contributed by atoms with Gasteiger partial charge in [-0.3, -0.25) is 9.59 Å². The first-order valence-electron chi connectivity index (χ1n) is 10.0. The van der Waals surface area contributed by atoms with Crippen molar-refractivity contribution in [2.75, 3.05) is 13.1 Å². The molecule has 1 N–H and O–H groups in total. The van der Waals surface area contributed by atoms with Gasteiger partial charge in [-0.15, -0.1) is 0 Å². The van der Waals surface area contributed by atoms with Crippen LogP contribution in [0.3, 0.4) is 0 Å². The molecule has 1 fully saturated rings. The zero-order valence-corrected chi connectivity index (χ0v) is 17.8. The number of carbonyl (C=O) groups is 1. The van der Waals surface area contributed by atoms with Crippen LogP contribution in [0.15, 0.2) is 62.2 Å². The van der Waals surface area contributed by atoms with E-state index in [9.17, 15) is 9.59 Å². The molecule has 7 heteroatoms. The van der Waals surface area contributed by atoms with Gasteiger partial charge in [0.2, 0.25) is 11.5 Å². The second-order valence-corrected chi connectivity index (χ2v) is 8.60. The van der Waals surface area contributed by atoms with Gasteiger partial charge in [-0.25, -0.2) is 4.98 Å². The number of halogens is 1. The molecule has 0 atom stereocenters. The van der Waals surface area contributed by atoms with Crippen LogP contribution >= 0.6 is 15.9 Å². The molecular formula is C23H20BrN3O3. The van der Waals surface area contributed by atoms with E-state index >= 15 is 0 Å². The number of nitrogens with one attached hydrogen (secondary N) is 1. The number of H-pyrrole nitrogens is 1. The Kier molecular flexibility index (Phi) is 4.90. The number of hydrogen-bond acceptors (Lipinski definition) is 4. The topological polar surface area (TPSA) is 79.2 Å². The lowest BCUT2D eigenvalue weighted by Crippen LogP contribution is -2.39. The van der Waals surface area contributed by atoms with Gasteiger partial charge in [0.25, 0.3) is 5.56 Å². The number of amides is 1. The lowest BCUT2D eigenvalue weighted by molar-refractivity contribution is -0.131. The van der Waals surface area contributed by atoms with Crippen molar-refractivity contribution in [2.24, 2.45) is 0 Å². The molecule has 0 bridgehead atoms. The van der Waals surface area contributed by atoms with Gasteiger partial charge in [0, 0.05) is 28.9 Å². The first-order valence-corrected chi connectivity index (χ1v) is 10.8. The molecule has 0 radical (unpaired) electrons. The van der Waals surface area contributed by atoms with E-state index in [4.69, 9.17) is 9.40 Å². The first kappa shape index (κ1) is 19.1. The summed E-state index contributed by atoms with van der Waals surface area (Å²) in [4.78, 5) is 34.8. The van der Waals surface area contributed by atoms with Crippen LogP contribution in [-0.2, 0) is 11.2 Å². The van der Waals surface area contributed by atoms with E-state index in [-0.39, 0.29) is 23.0 Å². The van der Waals surface area contributed by atoms with E-state index in [1.54, 1.807) is 0 Å². The van der Waals surface area contributed by atoms with Crippen molar-refractivity contribution in [2.45, 2.75) is 25.2 Å². The molecule has 30 heavy (non-hydrogen) atoms. The van der Waals surface area contributed by atoms with E-state index in [2.05, 4.69) is 20.9 Å². The lowest BCUT2D eigenvalue weighted by atomic mass is 9.95. The molecule has 3 heterocycles. The summed E-state index contributed by atoms with van der Waals surface area (Å²) >= 11 is 3.47. The molecule has 1 aliphatic rings. The molecule has 152 valence electrons. The van der Waals surface area contributed by atoms with Gasteiger partial charge in [-0.05, 0) is 36.6 Å². The van der Waals surface area contributed by atoms with Gasteiger partial charge >= 0.3 is 0 Å². The minimum absolute atomic E-state index is 0.111. The molecular weight excluding hydrogens is 446 g/mol. The second kappa shape index (κ2) is 7.72. The van der Waals surface area contributed by atoms with Crippen molar-refractivity contribution in [1.82, 2.24) is 14.9 Å². The summed E-state index contributed by atoms with van der Waals surface area (Å²) in [6.45, 7) is 1.32. The van der Waals surface area contributed by atoms with Crippen LogP contribution in [-0.4, -0.2) is 33.9 Å². The third-order valence-electron chi connectivity index (χ3n) is 5.74. The molecule has 1 saturated heterocycles. The fourth-order valence-corrected chi connectivity index (χ4v) is 4.48. The van der Waals surface area contributed by atoms with E-state index in [1.165, 1.54) is 0 Å². The Labute approximate surface area is 181 Å². The molecule has 0 aliphatic carbocycles. The normalized spacial score (nSPS) is 15.2. The Morgan fingerprint density at radius 3 is 2.70 bits per heavy atom. The molecule has 1 amide bonds. The van der Waals surface area contributed by atoms with Crippen LogP contribution in [0.25, 0.3) is 22.1 Å². The lowest BCUT2D eigenvalue weighted by Gasteiger charge is -2.31. The minimum atomic E-state index is -0.259. The van der Waals surface area contributed by atoms with E-state index in [0.29, 0.717) is 36.4 Å². The number of aromatic amines is 1. The number of benzene rings is 2. The average Bonchev–Trinajstić information content (AvgIpc) is 3.13. The third kappa shape index (κ3) is 3.54. The minimum Gasteiger partial charge on any atom is -0.449 e. The van der Waals surface area contributed by atoms with Gasteiger partial charge in [-0.1, -0.05) is 46.3 Å². The van der Waals surface area contributed by atoms with Crippen LogP contribution in [0.1, 0.15) is 30.1 Å². The van der Waals surface area contributed by atoms with Gasteiger partial charge in [0.1, 0.15) is 16.9 Å². The summed E-state index contributed by atoms with van der Waals surface area (Å²) < 4.78 is 6.61. The Bertz CT molecular complexity index is 1290. The quantitative estimate of drug-likeness (QED) is 0.486. The van der Waals surface area contributed by atoms with Crippen molar-refractivity contribution in [3.05, 3.63) is 74.7 Å². The van der Waals surface area contributed by atoms with Gasteiger partial charge in [-0.2, -0.15) is 0 Å². The van der Waals surface area contributed by atoms with Crippen LogP contribution < -0.4 is 5.56 Å². The molecule has 5 rings (SSSR count). The molecule has 0 unspecified atom stereocenters. The van der Waals surface area contributed by atoms with E-state index in [1.807, 2.05) is 53.4 Å². The number of rotatable bonds is 3. The van der Waals surface area contributed by atoms with Gasteiger partial charge < -0.3 is 14.3 Å². The SMILES string of the molecule is O=C(Cc1ccccc1)N1CCC(c2nc3c(oc4ccc(Br)cc43)c(=O)[nH]2)CC1. The summed E-state index contributed by atoms with van der Waals surface area (Å²) in [5, 5.41) is 0.821. The van der Waals surface area contributed by atoms with Crippen LogP contribution in [0, 0.1) is 0 Å². The molecule has 2 aromatic carbocycles. The fourth-order valence-electron chi connectivity index (χ4n) is 4.12. The molecule has 2 aromatic heterocycles. The number of aromatic nitrogens is 2. The summed E-state index contributed by atoms with van der Waals surface area (Å²) in [7, 11) is 0. The maximum Gasteiger partial charge on any atom is 0.294 e. The third-order valence-corrected chi connectivity index (χ3v) is 6.23. The zero-order valence-electron chi connectivity index (χ0n) is 16.2. The maximum absolute atomic E-state index is 12.6. The molecule has 0 saturated carbocycles. The predicted molar refractivity (Wildman–Crippen MR) is 119 cm³/mol. The maximum atomic E-state index is 12.6. The number of hydrogen-bond donors (Lipinski definition) is 1. The molecule has 0 spiro atoms. The largest absolute Gasteiger partial charge is 0.449 e. The Morgan fingerprint density at radius 1 is 1.17 bits per heavy atom. The van der Waals surface area contributed by atoms with E-state index in [0.717, 1.165) is 28.3 Å². The van der Waals surface area contributed by atoms with Crippen LogP contribution in [0.5, 0.6) is 0 Å². The summed E-state index contributed by atoms with van der Waals surface area (Å²) in [5.41, 5.74) is 2.25. The number of furan rings is 1. The van der Waals surface area contributed by atoms with Crippen molar-refractivity contribution < 1.29 is 9.21 Å². The standard InChI is InChI=1S/C23H20BrN3O3/c24-16-6-7-18-17(13-16)20-21(30-18)23(29)26-22(25-20)15-8-10-27(11-9-15)19(28)12-14-4-2-1-3-5-14/h1-7,13,15H,8-12H2,(H,25,26,29). The van der Waals surface area contributed by atoms with Crippen molar-refractivity contribution in [3.8, 4) is 0 Å². The van der Waals surface area contributed by atoms with E-state index < -0.39 is 0 Å². The van der Waals surface area contributed by atoms with Crippen LogP contribution in [0.4, 0.5) is 0 Å².